The summed E-state index contributed by atoms with van der Waals surface area (Å²) in [5.74, 6) is 0.155. The van der Waals surface area contributed by atoms with E-state index >= 15 is 0 Å². The van der Waals surface area contributed by atoms with Crippen molar-refractivity contribution in [3.63, 3.8) is 0 Å². The molecule has 0 bridgehead atoms. The van der Waals surface area contributed by atoms with Crippen LogP contribution >= 0.6 is 11.3 Å². The molecule has 1 aromatic heterocycles. The molecule has 0 fully saturated rings. The maximum absolute atomic E-state index is 13.0. The van der Waals surface area contributed by atoms with Crippen LogP contribution in [-0.4, -0.2) is 18.1 Å². The van der Waals surface area contributed by atoms with E-state index in [2.05, 4.69) is 22.6 Å². The van der Waals surface area contributed by atoms with Crippen LogP contribution in [0.2, 0.25) is 0 Å². The van der Waals surface area contributed by atoms with E-state index in [4.69, 9.17) is 0 Å². The summed E-state index contributed by atoms with van der Waals surface area (Å²) in [5, 5.41) is 5.43. The largest absolute Gasteiger partial charge is 0.316 e. The monoisotopic (exact) mass is 264 g/mol. The lowest BCUT2D eigenvalue weighted by Crippen LogP contribution is -2.22. The van der Waals surface area contributed by atoms with Crippen LogP contribution in [0, 0.1) is 5.82 Å². The molecule has 96 valence electrons. The second kappa shape index (κ2) is 6.61. The standard InChI is InChI=1S/C14H17FN2S/c1-2-16-8-12(7-14-9-18-10-17-14)11-3-5-13(15)6-4-11/h3-6,9-10,12,16H,2,7-8H2,1H3. The third-order valence-electron chi connectivity index (χ3n) is 2.92. The quantitative estimate of drug-likeness (QED) is 0.866. The van der Waals surface area contributed by atoms with E-state index in [0.29, 0.717) is 5.92 Å². The Hall–Kier alpha value is -1.26. The van der Waals surface area contributed by atoms with E-state index in [1.165, 1.54) is 12.1 Å². The van der Waals surface area contributed by atoms with Crippen molar-refractivity contribution in [2.45, 2.75) is 19.3 Å². The van der Waals surface area contributed by atoms with Gasteiger partial charge in [-0.2, -0.15) is 0 Å². The molecule has 0 spiro atoms. The highest BCUT2D eigenvalue weighted by Crippen LogP contribution is 2.20. The fourth-order valence-electron chi connectivity index (χ4n) is 1.95. The molecule has 0 aliphatic heterocycles. The van der Waals surface area contributed by atoms with Crippen molar-refractivity contribution >= 4 is 11.3 Å². The number of nitrogens with zero attached hydrogens (tertiary/aromatic N) is 1. The van der Waals surface area contributed by atoms with Gasteiger partial charge >= 0.3 is 0 Å². The molecule has 2 rings (SSSR count). The predicted octanol–water partition coefficient (Wildman–Crippen LogP) is 3.22. The van der Waals surface area contributed by atoms with Gasteiger partial charge < -0.3 is 5.32 Å². The van der Waals surface area contributed by atoms with E-state index in [1.807, 2.05) is 17.6 Å². The lowest BCUT2D eigenvalue weighted by molar-refractivity contribution is 0.586. The van der Waals surface area contributed by atoms with Crippen molar-refractivity contribution in [3.05, 3.63) is 52.2 Å². The Balaban J connectivity index is 2.11. The number of likely N-dealkylation sites (N-methyl/N-ethyl adjacent to an activating group) is 1. The number of rotatable bonds is 6. The molecule has 1 unspecified atom stereocenters. The molecule has 0 saturated carbocycles. The average molecular weight is 264 g/mol. The molecule has 1 aromatic carbocycles. The fraction of sp³-hybridized carbons (Fsp3) is 0.357. The number of thiazole rings is 1. The van der Waals surface area contributed by atoms with E-state index in [-0.39, 0.29) is 5.82 Å². The van der Waals surface area contributed by atoms with Gasteiger partial charge in [-0.1, -0.05) is 19.1 Å². The van der Waals surface area contributed by atoms with E-state index in [9.17, 15) is 4.39 Å². The van der Waals surface area contributed by atoms with Crippen LogP contribution in [0.25, 0.3) is 0 Å². The van der Waals surface area contributed by atoms with Crippen LogP contribution in [0.3, 0.4) is 0 Å². The summed E-state index contributed by atoms with van der Waals surface area (Å²) < 4.78 is 13.0. The first-order valence-corrected chi connectivity index (χ1v) is 7.07. The van der Waals surface area contributed by atoms with E-state index < -0.39 is 0 Å². The van der Waals surface area contributed by atoms with Crippen molar-refractivity contribution in [3.8, 4) is 0 Å². The highest BCUT2D eigenvalue weighted by Gasteiger charge is 2.13. The summed E-state index contributed by atoms with van der Waals surface area (Å²) in [6.45, 7) is 3.92. The zero-order valence-electron chi connectivity index (χ0n) is 10.4. The molecule has 1 heterocycles. The molecule has 0 radical (unpaired) electrons. The van der Waals surface area contributed by atoms with Gasteiger partial charge in [0, 0.05) is 17.8 Å². The van der Waals surface area contributed by atoms with Crippen molar-refractivity contribution < 1.29 is 4.39 Å². The number of aromatic nitrogens is 1. The molecule has 2 nitrogen and oxygen atoms in total. The number of benzene rings is 1. The Morgan fingerprint density at radius 1 is 1.33 bits per heavy atom. The van der Waals surface area contributed by atoms with E-state index in [0.717, 1.165) is 30.8 Å². The maximum atomic E-state index is 13.0. The second-order valence-electron chi connectivity index (χ2n) is 4.24. The average Bonchev–Trinajstić information content (AvgIpc) is 2.88. The Kier molecular flexibility index (Phi) is 4.84. The van der Waals surface area contributed by atoms with Gasteiger partial charge in [0.2, 0.25) is 0 Å². The van der Waals surface area contributed by atoms with Crippen molar-refractivity contribution in [2.75, 3.05) is 13.1 Å². The van der Waals surface area contributed by atoms with Gasteiger partial charge in [0.15, 0.2) is 0 Å². The molecule has 0 aliphatic rings. The molecule has 1 N–H and O–H groups in total. The third-order valence-corrected chi connectivity index (χ3v) is 3.56. The Morgan fingerprint density at radius 3 is 2.72 bits per heavy atom. The summed E-state index contributed by atoms with van der Waals surface area (Å²) in [7, 11) is 0. The van der Waals surface area contributed by atoms with Crippen molar-refractivity contribution in [2.24, 2.45) is 0 Å². The van der Waals surface area contributed by atoms with Crippen LogP contribution < -0.4 is 5.32 Å². The van der Waals surface area contributed by atoms with Gasteiger partial charge in [0.1, 0.15) is 5.82 Å². The molecule has 18 heavy (non-hydrogen) atoms. The SMILES string of the molecule is CCNCC(Cc1cscn1)c1ccc(F)cc1. The number of hydrogen-bond acceptors (Lipinski definition) is 3. The van der Waals surface area contributed by atoms with Gasteiger partial charge in [-0.3, -0.25) is 0 Å². The molecule has 1 atom stereocenters. The normalized spacial score (nSPS) is 12.6. The summed E-state index contributed by atoms with van der Waals surface area (Å²) in [4.78, 5) is 4.32. The smallest absolute Gasteiger partial charge is 0.123 e. The molecule has 2 aromatic rings. The Bertz CT molecular complexity index is 453. The third kappa shape index (κ3) is 3.62. The van der Waals surface area contributed by atoms with Crippen molar-refractivity contribution in [1.29, 1.82) is 0 Å². The summed E-state index contributed by atoms with van der Waals surface area (Å²) in [6, 6.07) is 6.78. The zero-order valence-corrected chi connectivity index (χ0v) is 11.2. The van der Waals surface area contributed by atoms with Crippen LogP contribution in [0.15, 0.2) is 35.2 Å². The Morgan fingerprint density at radius 2 is 2.11 bits per heavy atom. The first-order chi connectivity index (χ1) is 8.79. The fourth-order valence-corrected chi connectivity index (χ4v) is 2.52. The summed E-state index contributed by atoms with van der Waals surface area (Å²) >= 11 is 1.61. The summed E-state index contributed by atoms with van der Waals surface area (Å²) in [6.07, 6.45) is 0.891. The second-order valence-corrected chi connectivity index (χ2v) is 4.96. The number of hydrogen-bond donors (Lipinski definition) is 1. The minimum atomic E-state index is -0.186. The minimum absolute atomic E-state index is 0.186. The number of halogens is 1. The molecule has 0 saturated heterocycles. The number of nitrogens with one attached hydrogen (secondary N) is 1. The van der Waals surface area contributed by atoms with Gasteiger partial charge in [-0.25, -0.2) is 9.37 Å². The van der Waals surface area contributed by atoms with Gasteiger partial charge in [-0.05, 0) is 30.7 Å². The van der Waals surface area contributed by atoms with E-state index in [1.54, 1.807) is 11.3 Å². The van der Waals surface area contributed by atoms with Gasteiger partial charge in [0.25, 0.3) is 0 Å². The first kappa shape index (κ1) is 13.2. The first-order valence-electron chi connectivity index (χ1n) is 6.13. The lowest BCUT2D eigenvalue weighted by atomic mass is 9.94. The lowest BCUT2D eigenvalue weighted by Gasteiger charge is -2.16. The maximum Gasteiger partial charge on any atom is 0.123 e. The van der Waals surface area contributed by atoms with Crippen molar-refractivity contribution in [1.82, 2.24) is 10.3 Å². The van der Waals surface area contributed by atoms with Crippen LogP contribution in [0.4, 0.5) is 4.39 Å². The predicted molar refractivity (Wildman–Crippen MR) is 73.5 cm³/mol. The highest BCUT2D eigenvalue weighted by molar-refractivity contribution is 7.07. The highest BCUT2D eigenvalue weighted by atomic mass is 32.1. The van der Waals surface area contributed by atoms with Crippen LogP contribution in [0.5, 0.6) is 0 Å². The zero-order chi connectivity index (χ0) is 12.8. The van der Waals surface area contributed by atoms with Crippen LogP contribution in [-0.2, 0) is 6.42 Å². The molecule has 4 heteroatoms. The molecule has 0 amide bonds. The topological polar surface area (TPSA) is 24.9 Å². The van der Waals surface area contributed by atoms with Gasteiger partial charge in [0.05, 0.1) is 11.2 Å². The molecule has 0 aliphatic carbocycles. The molecular formula is C14H17FN2S. The summed E-state index contributed by atoms with van der Waals surface area (Å²) in [5.41, 5.74) is 4.11. The van der Waals surface area contributed by atoms with Gasteiger partial charge in [-0.15, -0.1) is 11.3 Å². The Labute approximate surface area is 111 Å². The van der Waals surface area contributed by atoms with Crippen LogP contribution in [0.1, 0.15) is 24.1 Å². The minimum Gasteiger partial charge on any atom is -0.316 e. The molecular weight excluding hydrogens is 247 g/mol.